The van der Waals surface area contributed by atoms with Gasteiger partial charge in [-0.1, -0.05) is 26.0 Å². The lowest BCUT2D eigenvalue weighted by atomic mass is 10.1. The fourth-order valence-electron chi connectivity index (χ4n) is 2.66. The number of rotatable bonds is 5. The Labute approximate surface area is 138 Å². The Morgan fingerprint density at radius 1 is 1.36 bits per heavy atom. The Balaban J connectivity index is 0.00000242. The van der Waals surface area contributed by atoms with Crippen molar-refractivity contribution in [3.8, 4) is 0 Å². The molecule has 0 radical (unpaired) electrons. The van der Waals surface area contributed by atoms with E-state index < -0.39 is 10.2 Å². The fourth-order valence-corrected chi connectivity index (χ4v) is 4.45. The molecule has 0 amide bonds. The molecule has 0 aromatic heterocycles. The largest absolute Gasteiger partial charge is 0.313 e. The van der Waals surface area contributed by atoms with Gasteiger partial charge in [0, 0.05) is 32.7 Å². The van der Waals surface area contributed by atoms with Gasteiger partial charge in [-0.15, -0.1) is 12.4 Å². The normalized spacial score (nSPS) is 19.9. The summed E-state index contributed by atoms with van der Waals surface area (Å²) in [5.41, 5.74) is 0.679. The quantitative estimate of drug-likeness (QED) is 0.879. The van der Waals surface area contributed by atoms with Crippen LogP contribution in [0.25, 0.3) is 0 Å². The molecule has 8 heteroatoms. The van der Waals surface area contributed by atoms with Crippen molar-refractivity contribution in [1.82, 2.24) is 13.9 Å². The molecule has 0 bridgehead atoms. The summed E-state index contributed by atoms with van der Waals surface area (Å²) in [4.78, 5) is 0. The number of nitrogens with zero attached hydrogens (tertiary/aromatic N) is 2. The SMILES string of the molecule is CCN(CC)S(=O)(=O)N1CCNCC1c1cccc(F)c1.Cl. The maximum Gasteiger partial charge on any atom is 0.282 e. The third-order valence-corrected chi connectivity index (χ3v) is 5.95. The van der Waals surface area contributed by atoms with Crippen LogP contribution in [0.1, 0.15) is 25.5 Å². The van der Waals surface area contributed by atoms with Crippen LogP contribution in [0.2, 0.25) is 0 Å². The van der Waals surface area contributed by atoms with Crippen molar-refractivity contribution in [3.63, 3.8) is 0 Å². The van der Waals surface area contributed by atoms with Gasteiger partial charge >= 0.3 is 0 Å². The van der Waals surface area contributed by atoms with Gasteiger partial charge in [0.2, 0.25) is 0 Å². The van der Waals surface area contributed by atoms with Gasteiger partial charge in [0.05, 0.1) is 6.04 Å². The van der Waals surface area contributed by atoms with Crippen molar-refractivity contribution < 1.29 is 12.8 Å². The van der Waals surface area contributed by atoms with Crippen molar-refractivity contribution in [1.29, 1.82) is 0 Å². The van der Waals surface area contributed by atoms with Crippen LogP contribution in [0.5, 0.6) is 0 Å². The first kappa shape index (κ1) is 19.3. The Morgan fingerprint density at radius 3 is 2.64 bits per heavy atom. The molecule has 1 aliphatic heterocycles. The zero-order valence-electron chi connectivity index (χ0n) is 12.8. The predicted octanol–water partition coefficient (Wildman–Crippen LogP) is 1.78. The van der Waals surface area contributed by atoms with Gasteiger partial charge in [0.15, 0.2) is 0 Å². The van der Waals surface area contributed by atoms with Gasteiger partial charge < -0.3 is 5.32 Å². The minimum Gasteiger partial charge on any atom is -0.313 e. The van der Waals surface area contributed by atoms with Gasteiger partial charge in [-0.05, 0) is 17.7 Å². The lowest BCUT2D eigenvalue weighted by Gasteiger charge is -2.38. The van der Waals surface area contributed by atoms with Gasteiger partial charge in [-0.3, -0.25) is 0 Å². The highest BCUT2D eigenvalue weighted by Crippen LogP contribution is 2.27. The maximum absolute atomic E-state index is 13.4. The molecular weight excluding hydrogens is 329 g/mol. The van der Waals surface area contributed by atoms with Crippen LogP contribution in [0.3, 0.4) is 0 Å². The van der Waals surface area contributed by atoms with E-state index in [1.807, 2.05) is 13.8 Å². The van der Waals surface area contributed by atoms with Crippen molar-refractivity contribution in [2.24, 2.45) is 0 Å². The van der Waals surface area contributed by atoms with E-state index in [0.717, 1.165) is 0 Å². The lowest BCUT2D eigenvalue weighted by Crippen LogP contribution is -2.53. The van der Waals surface area contributed by atoms with E-state index in [-0.39, 0.29) is 24.3 Å². The number of halogens is 2. The molecule has 1 fully saturated rings. The summed E-state index contributed by atoms with van der Waals surface area (Å²) in [6.45, 7) is 5.98. The summed E-state index contributed by atoms with van der Waals surface area (Å²) in [7, 11) is -3.53. The molecule has 1 aromatic rings. The highest BCUT2D eigenvalue weighted by atomic mass is 35.5. The topological polar surface area (TPSA) is 52.7 Å². The Kier molecular flexibility index (Phi) is 7.21. The minimum atomic E-state index is -3.53. The van der Waals surface area contributed by atoms with Crippen LogP contribution in [-0.2, 0) is 10.2 Å². The molecule has 2 rings (SSSR count). The van der Waals surface area contributed by atoms with Gasteiger partial charge in [0.1, 0.15) is 5.82 Å². The molecular formula is C14H23ClFN3O2S. The van der Waals surface area contributed by atoms with Crippen LogP contribution in [0.4, 0.5) is 4.39 Å². The Hall–Kier alpha value is -0.730. The van der Waals surface area contributed by atoms with Crippen molar-refractivity contribution in [3.05, 3.63) is 35.6 Å². The van der Waals surface area contributed by atoms with E-state index in [1.54, 1.807) is 12.1 Å². The van der Waals surface area contributed by atoms with Crippen molar-refractivity contribution >= 4 is 22.6 Å². The molecule has 0 saturated carbocycles. The van der Waals surface area contributed by atoms with Crippen molar-refractivity contribution in [2.45, 2.75) is 19.9 Å². The third-order valence-electron chi connectivity index (χ3n) is 3.76. The summed E-state index contributed by atoms with van der Waals surface area (Å²) in [5.74, 6) is -0.349. The summed E-state index contributed by atoms with van der Waals surface area (Å²) >= 11 is 0. The molecule has 0 aliphatic carbocycles. The number of piperazine rings is 1. The van der Waals surface area contributed by atoms with Gasteiger partial charge in [0.25, 0.3) is 10.2 Å². The summed E-state index contributed by atoms with van der Waals surface area (Å²) in [6.07, 6.45) is 0. The smallest absolute Gasteiger partial charge is 0.282 e. The monoisotopic (exact) mass is 351 g/mol. The maximum atomic E-state index is 13.4. The number of nitrogens with one attached hydrogen (secondary N) is 1. The number of hydrogen-bond acceptors (Lipinski definition) is 3. The zero-order valence-corrected chi connectivity index (χ0v) is 14.5. The van der Waals surface area contributed by atoms with Crippen LogP contribution in [-0.4, -0.2) is 49.8 Å². The van der Waals surface area contributed by atoms with E-state index in [2.05, 4.69) is 5.32 Å². The standard InChI is InChI=1S/C14H22FN3O2S.ClH/c1-3-17(4-2)21(19,20)18-9-8-16-11-14(18)12-6-5-7-13(15)10-12;/h5-7,10,14,16H,3-4,8-9,11H2,1-2H3;1H. The van der Waals surface area contributed by atoms with E-state index in [1.165, 1.54) is 20.7 Å². The molecule has 1 heterocycles. The molecule has 22 heavy (non-hydrogen) atoms. The molecule has 1 saturated heterocycles. The Morgan fingerprint density at radius 2 is 2.05 bits per heavy atom. The van der Waals surface area contributed by atoms with E-state index in [4.69, 9.17) is 0 Å². The van der Waals surface area contributed by atoms with Crippen LogP contribution in [0, 0.1) is 5.82 Å². The summed E-state index contributed by atoms with van der Waals surface area (Å²) < 4.78 is 41.8. The molecule has 1 N–H and O–H groups in total. The van der Waals surface area contributed by atoms with Crippen molar-refractivity contribution in [2.75, 3.05) is 32.7 Å². The van der Waals surface area contributed by atoms with Gasteiger partial charge in [-0.2, -0.15) is 17.0 Å². The molecule has 1 aromatic carbocycles. The average molecular weight is 352 g/mol. The van der Waals surface area contributed by atoms with Gasteiger partial charge in [-0.25, -0.2) is 4.39 Å². The predicted molar refractivity (Wildman–Crippen MR) is 87.8 cm³/mol. The van der Waals surface area contributed by atoms with Crippen LogP contribution >= 0.6 is 12.4 Å². The van der Waals surface area contributed by atoms with E-state index in [9.17, 15) is 12.8 Å². The third kappa shape index (κ3) is 3.97. The highest BCUT2D eigenvalue weighted by molar-refractivity contribution is 7.86. The van der Waals surface area contributed by atoms with E-state index in [0.29, 0.717) is 38.3 Å². The fraction of sp³-hybridized carbons (Fsp3) is 0.571. The molecule has 1 unspecified atom stereocenters. The molecule has 1 aliphatic rings. The molecule has 1 atom stereocenters. The summed E-state index contributed by atoms with van der Waals surface area (Å²) in [6, 6.07) is 5.78. The number of hydrogen-bond donors (Lipinski definition) is 1. The Bertz CT molecular complexity index is 581. The second-order valence-electron chi connectivity index (χ2n) is 4.98. The van der Waals surface area contributed by atoms with Crippen LogP contribution < -0.4 is 5.32 Å². The first-order chi connectivity index (χ1) is 10.0. The zero-order chi connectivity index (χ0) is 15.5. The summed E-state index contributed by atoms with van der Waals surface area (Å²) in [5, 5.41) is 3.18. The highest BCUT2D eigenvalue weighted by Gasteiger charge is 2.36. The average Bonchev–Trinajstić information content (AvgIpc) is 2.48. The number of benzene rings is 1. The minimum absolute atomic E-state index is 0. The molecule has 126 valence electrons. The molecule has 0 spiro atoms. The van der Waals surface area contributed by atoms with E-state index >= 15 is 0 Å². The molecule has 5 nitrogen and oxygen atoms in total. The first-order valence-corrected chi connectivity index (χ1v) is 8.63. The lowest BCUT2D eigenvalue weighted by molar-refractivity contribution is 0.249. The second kappa shape index (κ2) is 8.21. The van der Waals surface area contributed by atoms with Crippen LogP contribution in [0.15, 0.2) is 24.3 Å². The second-order valence-corrected chi connectivity index (χ2v) is 6.86. The first-order valence-electron chi connectivity index (χ1n) is 7.23.